The Morgan fingerprint density at radius 2 is 2.00 bits per heavy atom. The summed E-state index contributed by atoms with van der Waals surface area (Å²) < 4.78 is 0. The molecule has 78 valence electrons. The molecule has 0 unspecified atom stereocenters. The van der Waals surface area contributed by atoms with Crippen molar-refractivity contribution in [1.82, 2.24) is 25.5 Å². The standard InChI is InChI=1S/C6H11N5O3/c12-3-1-11(2-4-13)6(14)5-7-9-10-8-5/h12-13H,1-4H2,(H,7,8,9,10). The topological polar surface area (TPSA) is 115 Å². The van der Waals surface area contributed by atoms with Crippen molar-refractivity contribution in [1.29, 1.82) is 0 Å². The Morgan fingerprint density at radius 3 is 2.43 bits per heavy atom. The highest BCUT2D eigenvalue weighted by atomic mass is 16.3. The molecule has 1 heterocycles. The van der Waals surface area contributed by atoms with E-state index in [2.05, 4.69) is 20.6 Å². The van der Waals surface area contributed by atoms with Crippen molar-refractivity contribution in [3.05, 3.63) is 5.82 Å². The minimum Gasteiger partial charge on any atom is -0.395 e. The van der Waals surface area contributed by atoms with Gasteiger partial charge in [0.25, 0.3) is 11.7 Å². The van der Waals surface area contributed by atoms with E-state index < -0.39 is 5.91 Å². The number of hydrogen-bond donors (Lipinski definition) is 3. The molecule has 1 aromatic heterocycles. The summed E-state index contributed by atoms with van der Waals surface area (Å²) in [5, 5.41) is 29.7. The number of nitrogens with zero attached hydrogens (tertiary/aromatic N) is 4. The van der Waals surface area contributed by atoms with Crippen molar-refractivity contribution < 1.29 is 15.0 Å². The predicted octanol–water partition coefficient (Wildman–Crippen LogP) is -2.37. The fourth-order valence-electron chi connectivity index (χ4n) is 0.950. The minimum absolute atomic E-state index is 0.0769. The first kappa shape index (κ1) is 10.5. The molecule has 14 heavy (non-hydrogen) atoms. The Balaban J connectivity index is 2.63. The van der Waals surface area contributed by atoms with Crippen molar-refractivity contribution in [3.8, 4) is 0 Å². The fraction of sp³-hybridized carbons (Fsp3) is 0.667. The lowest BCUT2D eigenvalue weighted by molar-refractivity contribution is 0.0673. The Hall–Kier alpha value is -1.54. The summed E-state index contributed by atoms with van der Waals surface area (Å²) in [7, 11) is 0. The average molecular weight is 201 g/mol. The lowest BCUT2D eigenvalue weighted by atomic mass is 10.4. The molecular weight excluding hydrogens is 190 g/mol. The number of tetrazole rings is 1. The van der Waals surface area contributed by atoms with Crippen molar-refractivity contribution in [2.24, 2.45) is 0 Å². The SMILES string of the molecule is O=C(c1nn[nH]n1)N(CCO)CCO. The first-order valence-corrected chi connectivity index (χ1v) is 4.04. The van der Waals surface area contributed by atoms with Crippen LogP contribution in [0.1, 0.15) is 10.6 Å². The highest BCUT2D eigenvalue weighted by Crippen LogP contribution is 1.95. The van der Waals surface area contributed by atoms with E-state index in [4.69, 9.17) is 10.2 Å². The van der Waals surface area contributed by atoms with E-state index in [1.807, 2.05) is 0 Å². The van der Waals surface area contributed by atoms with Crippen LogP contribution in [0.5, 0.6) is 0 Å². The summed E-state index contributed by atoms with van der Waals surface area (Å²) in [4.78, 5) is 12.7. The molecule has 1 amide bonds. The Morgan fingerprint density at radius 1 is 1.36 bits per heavy atom. The van der Waals surface area contributed by atoms with E-state index in [0.29, 0.717) is 0 Å². The molecule has 0 aromatic carbocycles. The zero-order chi connectivity index (χ0) is 10.4. The van der Waals surface area contributed by atoms with Gasteiger partial charge in [-0.1, -0.05) is 0 Å². The van der Waals surface area contributed by atoms with E-state index in [0.717, 1.165) is 0 Å². The van der Waals surface area contributed by atoms with Crippen molar-refractivity contribution in [2.75, 3.05) is 26.3 Å². The molecule has 0 spiro atoms. The number of rotatable bonds is 5. The van der Waals surface area contributed by atoms with Crippen molar-refractivity contribution in [3.63, 3.8) is 0 Å². The van der Waals surface area contributed by atoms with Crippen LogP contribution in [0.15, 0.2) is 0 Å². The van der Waals surface area contributed by atoms with Gasteiger partial charge in [0.1, 0.15) is 0 Å². The quantitative estimate of drug-likeness (QED) is 0.490. The maximum absolute atomic E-state index is 11.5. The second kappa shape index (κ2) is 5.25. The van der Waals surface area contributed by atoms with Crippen LogP contribution >= 0.6 is 0 Å². The molecule has 0 saturated carbocycles. The van der Waals surface area contributed by atoms with Crippen LogP contribution in [0.2, 0.25) is 0 Å². The second-order valence-electron chi connectivity index (χ2n) is 2.47. The van der Waals surface area contributed by atoms with E-state index in [1.54, 1.807) is 0 Å². The van der Waals surface area contributed by atoms with Crippen molar-refractivity contribution in [2.45, 2.75) is 0 Å². The third kappa shape index (κ3) is 2.47. The molecule has 8 nitrogen and oxygen atoms in total. The number of aromatic amines is 1. The molecule has 0 fully saturated rings. The summed E-state index contributed by atoms with van der Waals surface area (Å²) in [5.74, 6) is -0.547. The Kier molecular flexibility index (Phi) is 3.95. The van der Waals surface area contributed by atoms with Crippen LogP contribution < -0.4 is 0 Å². The van der Waals surface area contributed by atoms with Crippen LogP contribution in [0.25, 0.3) is 0 Å². The monoisotopic (exact) mass is 201 g/mol. The number of aliphatic hydroxyl groups is 2. The largest absolute Gasteiger partial charge is 0.395 e. The molecular formula is C6H11N5O3. The highest BCUT2D eigenvalue weighted by Gasteiger charge is 2.18. The lowest BCUT2D eigenvalue weighted by Gasteiger charge is -2.18. The van der Waals surface area contributed by atoms with E-state index in [-0.39, 0.29) is 32.1 Å². The first-order chi connectivity index (χ1) is 6.79. The third-order valence-corrected chi connectivity index (χ3v) is 1.56. The molecule has 8 heteroatoms. The third-order valence-electron chi connectivity index (χ3n) is 1.56. The summed E-state index contributed by atoms with van der Waals surface area (Å²) in [5.41, 5.74) is 0. The van der Waals surface area contributed by atoms with Gasteiger partial charge in [0, 0.05) is 13.1 Å². The molecule has 0 aliphatic heterocycles. The van der Waals surface area contributed by atoms with Gasteiger partial charge in [-0.15, -0.1) is 10.2 Å². The summed E-state index contributed by atoms with van der Waals surface area (Å²) in [6, 6.07) is 0. The fourth-order valence-corrected chi connectivity index (χ4v) is 0.950. The summed E-state index contributed by atoms with van der Waals surface area (Å²) >= 11 is 0. The zero-order valence-corrected chi connectivity index (χ0v) is 7.42. The van der Waals surface area contributed by atoms with Gasteiger partial charge in [-0.25, -0.2) is 0 Å². The Bertz CT molecular complexity index is 269. The highest BCUT2D eigenvalue weighted by molar-refractivity contribution is 5.90. The molecule has 1 rings (SSSR count). The van der Waals surface area contributed by atoms with Crippen LogP contribution in [0, 0.1) is 0 Å². The molecule has 1 aromatic rings. The molecule has 0 aliphatic carbocycles. The van der Waals surface area contributed by atoms with E-state index >= 15 is 0 Å². The van der Waals surface area contributed by atoms with E-state index in [9.17, 15) is 4.79 Å². The van der Waals surface area contributed by atoms with Gasteiger partial charge < -0.3 is 15.1 Å². The van der Waals surface area contributed by atoms with Crippen LogP contribution in [0.3, 0.4) is 0 Å². The zero-order valence-electron chi connectivity index (χ0n) is 7.42. The molecule has 0 bridgehead atoms. The van der Waals surface area contributed by atoms with Gasteiger partial charge in [-0.3, -0.25) is 4.79 Å². The second-order valence-corrected chi connectivity index (χ2v) is 2.47. The van der Waals surface area contributed by atoms with Gasteiger partial charge in [-0.2, -0.15) is 5.21 Å². The number of nitrogens with one attached hydrogen (secondary N) is 1. The average Bonchev–Trinajstić information content (AvgIpc) is 2.69. The van der Waals surface area contributed by atoms with Gasteiger partial charge in [0.15, 0.2) is 0 Å². The van der Waals surface area contributed by atoms with Crippen LogP contribution in [-0.2, 0) is 0 Å². The smallest absolute Gasteiger partial charge is 0.295 e. The number of H-pyrrole nitrogens is 1. The number of carbonyl (C=O) groups is 1. The number of aromatic nitrogens is 4. The predicted molar refractivity (Wildman–Crippen MR) is 44.3 cm³/mol. The van der Waals surface area contributed by atoms with Gasteiger partial charge in [0.2, 0.25) is 0 Å². The Labute approximate surface area is 79.5 Å². The maximum Gasteiger partial charge on any atom is 0.295 e. The van der Waals surface area contributed by atoms with Gasteiger partial charge in [-0.05, 0) is 5.21 Å². The summed E-state index contributed by atoms with van der Waals surface area (Å²) in [6.45, 7) is -0.0882. The van der Waals surface area contributed by atoms with Crippen LogP contribution in [-0.4, -0.2) is 67.9 Å². The van der Waals surface area contributed by atoms with Gasteiger partial charge >= 0.3 is 0 Å². The normalized spacial score (nSPS) is 10.1. The van der Waals surface area contributed by atoms with Crippen molar-refractivity contribution >= 4 is 5.91 Å². The molecule has 0 atom stereocenters. The molecule has 0 aliphatic rings. The number of aliphatic hydroxyl groups excluding tert-OH is 2. The van der Waals surface area contributed by atoms with Gasteiger partial charge in [0.05, 0.1) is 13.2 Å². The van der Waals surface area contributed by atoms with E-state index in [1.165, 1.54) is 4.90 Å². The molecule has 0 saturated heterocycles. The minimum atomic E-state index is -0.471. The lowest BCUT2D eigenvalue weighted by Crippen LogP contribution is -2.36. The number of carbonyl (C=O) groups excluding carboxylic acids is 1. The summed E-state index contributed by atoms with van der Waals surface area (Å²) in [6.07, 6.45) is 0. The molecule has 3 N–H and O–H groups in total. The molecule has 0 radical (unpaired) electrons. The maximum atomic E-state index is 11.5. The number of amides is 1. The number of hydrogen-bond acceptors (Lipinski definition) is 6. The first-order valence-electron chi connectivity index (χ1n) is 4.04. The van der Waals surface area contributed by atoms with Crippen LogP contribution in [0.4, 0.5) is 0 Å².